The number of fused-ring (bicyclic) bond motifs is 1. The molecule has 2 heteroatoms. The second kappa shape index (κ2) is 3.35. The lowest BCUT2D eigenvalue weighted by Crippen LogP contribution is -2.55. The highest BCUT2D eigenvalue weighted by atomic mass is 15.2. The lowest BCUT2D eigenvalue weighted by Gasteiger charge is -2.47. The molecule has 2 unspecified atom stereocenters. The molecule has 70 valence electrons. The fourth-order valence-corrected chi connectivity index (χ4v) is 2.84. The van der Waals surface area contributed by atoms with E-state index in [9.17, 15) is 0 Å². The summed E-state index contributed by atoms with van der Waals surface area (Å²) in [4.78, 5) is 5.12. The molecule has 0 amide bonds. The third-order valence-electron chi connectivity index (χ3n) is 3.60. The van der Waals surface area contributed by atoms with Gasteiger partial charge in [-0.25, -0.2) is 0 Å². The number of hydrogen-bond donors (Lipinski definition) is 0. The van der Waals surface area contributed by atoms with Gasteiger partial charge in [0.05, 0.1) is 0 Å². The number of piperidine rings is 2. The largest absolute Gasteiger partial charge is 0.302 e. The van der Waals surface area contributed by atoms with E-state index in [1.807, 2.05) is 0 Å². The molecule has 0 N–H and O–H groups in total. The van der Waals surface area contributed by atoms with Crippen LogP contribution < -0.4 is 0 Å². The van der Waals surface area contributed by atoms with Crippen molar-refractivity contribution < 1.29 is 0 Å². The maximum Gasteiger partial charge on any atom is 0.0248 e. The molecule has 2 nitrogen and oxygen atoms in total. The highest BCUT2D eigenvalue weighted by Gasteiger charge is 2.33. The van der Waals surface area contributed by atoms with Crippen molar-refractivity contribution in [2.75, 3.05) is 27.2 Å². The van der Waals surface area contributed by atoms with Crippen molar-refractivity contribution in [1.82, 2.24) is 9.80 Å². The summed E-state index contributed by atoms with van der Waals surface area (Å²) in [6, 6.07) is 1.72. The molecule has 0 saturated carbocycles. The van der Waals surface area contributed by atoms with Crippen LogP contribution >= 0.6 is 0 Å². The lowest BCUT2D eigenvalue weighted by molar-refractivity contribution is 0.0352. The summed E-state index contributed by atoms with van der Waals surface area (Å²) in [5.41, 5.74) is 0. The quantitative estimate of drug-likeness (QED) is 0.536. The van der Waals surface area contributed by atoms with Crippen LogP contribution in [-0.4, -0.2) is 49.1 Å². The zero-order valence-corrected chi connectivity index (χ0v) is 8.29. The van der Waals surface area contributed by atoms with Gasteiger partial charge >= 0.3 is 0 Å². The van der Waals surface area contributed by atoms with Crippen molar-refractivity contribution in [1.29, 1.82) is 0 Å². The molecule has 2 heterocycles. The summed E-state index contributed by atoms with van der Waals surface area (Å²) in [6.07, 6.45) is 5.63. The predicted octanol–water partition coefficient (Wildman–Crippen LogP) is 1.17. The normalized spacial score (nSPS) is 39.5. The monoisotopic (exact) mass is 168 g/mol. The molecule has 12 heavy (non-hydrogen) atoms. The minimum atomic E-state index is 0.859. The molecular formula is C10H20N2. The molecule has 2 aliphatic rings. The Morgan fingerprint density at radius 2 is 1.25 bits per heavy atom. The summed E-state index contributed by atoms with van der Waals surface area (Å²) >= 11 is 0. The van der Waals surface area contributed by atoms with Gasteiger partial charge < -0.3 is 9.80 Å². The van der Waals surface area contributed by atoms with Crippen molar-refractivity contribution in [3.05, 3.63) is 0 Å². The van der Waals surface area contributed by atoms with E-state index < -0.39 is 0 Å². The van der Waals surface area contributed by atoms with Gasteiger partial charge in [0.1, 0.15) is 0 Å². The smallest absolute Gasteiger partial charge is 0.0248 e. The summed E-state index contributed by atoms with van der Waals surface area (Å²) < 4.78 is 0. The van der Waals surface area contributed by atoms with Crippen LogP contribution in [0.2, 0.25) is 0 Å². The van der Waals surface area contributed by atoms with E-state index in [4.69, 9.17) is 0 Å². The second-order valence-corrected chi connectivity index (χ2v) is 4.38. The third kappa shape index (κ3) is 1.38. The number of nitrogens with zero attached hydrogens (tertiary/aromatic N) is 2. The van der Waals surface area contributed by atoms with Crippen molar-refractivity contribution in [2.45, 2.75) is 37.8 Å². The maximum atomic E-state index is 2.56. The van der Waals surface area contributed by atoms with Crippen molar-refractivity contribution in [3.8, 4) is 0 Å². The van der Waals surface area contributed by atoms with Gasteiger partial charge in [0.25, 0.3) is 0 Å². The summed E-state index contributed by atoms with van der Waals surface area (Å²) in [7, 11) is 4.58. The average Bonchev–Trinajstić information content (AvgIpc) is 2.07. The van der Waals surface area contributed by atoms with Crippen molar-refractivity contribution in [3.63, 3.8) is 0 Å². The Kier molecular flexibility index (Phi) is 2.37. The highest BCUT2D eigenvalue weighted by Crippen LogP contribution is 2.27. The lowest BCUT2D eigenvalue weighted by atomic mass is 9.89. The zero-order valence-electron chi connectivity index (χ0n) is 8.29. The standard InChI is InChI=1S/C10H20N2/c1-11-7-3-6-10-9(11)5-4-8-12(10)2/h9-10H,3-8H2,1-2H3. The minimum Gasteiger partial charge on any atom is -0.302 e. The number of likely N-dealkylation sites (N-methyl/N-ethyl adjacent to an activating group) is 2. The topological polar surface area (TPSA) is 6.48 Å². The molecule has 0 aromatic carbocycles. The SMILES string of the molecule is CN1CCCC2C1CCCN2C. The van der Waals surface area contributed by atoms with E-state index in [1.165, 1.54) is 38.8 Å². The van der Waals surface area contributed by atoms with E-state index in [1.54, 1.807) is 0 Å². The van der Waals surface area contributed by atoms with Crippen LogP contribution in [0.3, 0.4) is 0 Å². The molecule has 2 fully saturated rings. The van der Waals surface area contributed by atoms with E-state index in [0.29, 0.717) is 0 Å². The fraction of sp³-hybridized carbons (Fsp3) is 1.00. The van der Waals surface area contributed by atoms with Gasteiger partial charge in [-0.1, -0.05) is 0 Å². The summed E-state index contributed by atoms with van der Waals surface area (Å²) in [5.74, 6) is 0. The van der Waals surface area contributed by atoms with Gasteiger partial charge in [-0.05, 0) is 52.9 Å². The van der Waals surface area contributed by atoms with Gasteiger partial charge in [-0.15, -0.1) is 0 Å². The van der Waals surface area contributed by atoms with Crippen molar-refractivity contribution in [2.24, 2.45) is 0 Å². The predicted molar refractivity (Wildman–Crippen MR) is 51.3 cm³/mol. The average molecular weight is 168 g/mol. The molecule has 0 bridgehead atoms. The minimum absolute atomic E-state index is 0.859. The van der Waals surface area contributed by atoms with Gasteiger partial charge in [-0.2, -0.15) is 0 Å². The van der Waals surface area contributed by atoms with Gasteiger partial charge in [0, 0.05) is 12.1 Å². The van der Waals surface area contributed by atoms with E-state index in [0.717, 1.165) is 12.1 Å². The highest BCUT2D eigenvalue weighted by molar-refractivity contribution is 4.91. The first kappa shape index (κ1) is 8.52. The summed E-state index contributed by atoms with van der Waals surface area (Å²) in [6.45, 7) is 2.63. The molecule has 2 saturated heterocycles. The first-order chi connectivity index (χ1) is 5.79. The Hall–Kier alpha value is -0.0800. The molecule has 0 aromatic rings. The molecule has 0 aromatic heterocycles. The Bertz CT molecular complexity index is 140. The number of rotatable bonds is 0. The number of likely N-dealkylation sites (tertiary alicyclic amines) is 2. The Balaban J connectivity index is 2.05. The Morgan fingerprint density at radius 1 is 0.833 bits per heavy atom. The van der Waals surface area contributed by atoms with Crippen LogP contribution in [0.1, 0.15) is 25.7 Å². The van der Waals surface area contributed by atoms with E-state index in [2.05, 4.69) is 23.9 Å². The van der Waals surface area contributed by atoms with Crippen LogP contribution in [0, 0.1) is 0 Å². The first-order valence-corrected chi connectivity index (χ1v) is 5.19. The Labute approximate surface area is 75.5 Å². The van der Waals surface area contributed by atoms with Gasteiger partial charge in [0.15, 0.2) is 0 Å². The molecule has 0 aliphatic carbocycles. The van der Waals surface area contributed by atoms with Crippen LogP contribution in [0.5, 0.6) is 0 Å². The molecule has 2 aliphatic heterocycles. The summed E-state index contributed by atoms with van der Waals surface area (Å²) in [5, 5.41) is 0. The molecule has 2 rings (SSSR count). The fourth-order valence-electron chi connectivity index (χ4n) is 2.84. The van der Waals surface area contributed by atoms with E-state index in [-0.39, 0.29) is 0 Å². The number of hydrogen-bond acceptors (Lipinski definition) is 2. The van der Waals surface area contributed by atoms with Crippen molar-refractivity contribution >= 4 is 0 Å². The third-order valence-corrected chi connectivity index (χ3v) is 3.60. The zero-order chi connectivity index (χ0) is 8.55. The molecule has 2 atom stereocenters. The molecule has 0 radical (unpaired) electrons. The Morgan fingerprint density at radius 3 is 1.67 bits per heavy atom. The van der Waals surface area contributed by atoms with Gasteiger partial charge in [0.2, 0.25) is 0 Å². The van der Waals surface area contributed by atoms with Crippen LogP contribution in [0.15, 0.2) is 0 Å². The van der Waals surface area contributed by atoms with Gasteiger partial charge in [-0.3, -0.25) is 0 Å². The first-order valence-electron chi connectivity index (χ1n) is 5.19. The maximum absolute atomic E-state index is 2.56. The second-order valence-electron chi connectivity index (χ2n) is 4.38. The molecular weight excluding hydrogens is 148 g/mol. The van der Waals surface area contributed by atoms with Crippen LogP contribution in [0.4, 0.5) is 0 Å². The van der Waals surface area contributed by atoms with Crippen LogP contribution in [0.25, 0.3) is 0 Å². The molecule has 0 spiro atoms. The van der Waals surface area contributed by atoms with Crippen LogP contribution in [-0.2, 0) is 0 Å². The van der Waals surface area contributed by atoms with E-state index >= 15 is 0 Å².